The number of fused-ring (bicyclic) bond motifs is 2. The van der Waals surface area contributed by atoms with Crippen molar-refractivity contribution in [3.8, 4) is 11.5 Å². The number of rotatable bonds is 3. The Morgan fingerprint density at radius 3 is 2.50 bits per heavy atom. The molecule has 0 atom stereocenters. The van der Waals surface area contributed by atoms with Crippen LogP contribution in [0.4, 0.5) is 0 Å². The Balaban J connectivity index is 1.45. The van der Waals surface area contributed by atoms with Gasteiger partial charge in [0, 0.05) is 26.6 Å². The van der Waals surface area contributed by atoms with Crippen molar-refractivity contribution in [3.63, 3.8) is 0 Å². The van der Waals surface area contributed by atoms with E-state index in [4.69, 9.17) is 37.1 Å². The van der Waals surface area contributed by atoms with E-state index < -0.39 is 5.97 Å². The largest absolute Gasteiger partial charge is 0.452 e. The number of Topliss-reactive ketones (excluding diaryl/α,β-unsaturated/α-hetero) is 1. The van der Waals surface area contributed by atoms with Crippen molar-refractivity contribution in [2.75, 3.05) is 0 Å². The topological polar surface area (TPSA) is 65.7 Å². The van der Waals surface area contributed by atoms with Crippen LogP contribution in [0.25, 0.3) is 17.0 Å². The number of carbonyl (C=O) groups is 2. The summed E-state index contributed by atoms with van der Waals surface area (Å²) in [5.74, 6) is -0.212. The zero-order valence-corrected chi connectivity index (χ0v) is 18.2. The van der Waals surface area contributed by atoms with E-state index in [1.165, 1.54) is 6.08 Å². The van der Waals surface area contributed by atoms with Gasteiger partial charge in [-0.25, -0.2) is 4.79 Å². The molecule has 0 spiro atoms. The summed E-state index contributed by atoms with van der Waals surface area (Å²) in [6.45, 7) is 1.71. The maximum Gasteiger partial charge on any atom is 0.379 e. The Kier molecular flexibility index (Phi) is 5.00. The fourth-order valence-corrected chi connectivity index (χ4v) is 4.00. The van der Waals surface area contributed by atoms with Gasteiger partial charge in [0.15, 0.2) is 5.76 Å². The van der Waals surface area contributed by atoms with E-state index >= 15 is 0 Å². The average molecular weight is 465 g/mol. The lowest BCUT2D eigenvalue weighted by atomic mass is 10.1. The van der Waals surface area contributed by atoms with E-state index in [1.54, 1.807) is 49.4 Å². The minimum atomic E-state index is -0.646. The molecule has 0 unspecified atom stereocenters. The van der Waals surface area contributed by atoms with E-state index in [9.17, 15) is 9.59 Å². The summed E-state index contributed by atoms with van der Waals surface area (Å²) < 4.78 is 16.9. The summed E-state index contributed by atoms with van der Waals surface area (Å²) in [5.41, 5.74) is 1.95. The van der Waals surface area contributed by atoms with Gasteiger partial charge in [-0.15, -0.1) is 0 Å². The smallest absolute Gasteiger partial charge is 0.379 e. The van der Waals surface area contributed by atoms with Crippen LogP contribution in [0, 0.1) is 6.92 Å². The summed E-state index contributed by atoms with van der Waals surface area (Å²) >= 11 is 12.4. The number of ketones is 1. The Hall–Kier alpha value is -3.54. The highest BCUT2D eigenvalue weighted by Gasteiger charge is 2.31. The van der Waals surface area contributed by atoms with E-state index in [-0.39, 0.29) is 23.1 Å². The Labute approximate surface area is 192 Å². The highest BCUT2D eigenvalue weighted by atomic mass is 35.5. The Morgan fingerprint density at radius 1 is 1.00 bits per heavy atom. The molecular weight excluding hydrogens is 451 g/mol. The van der Waals surface area contributed by atoms with Crippen molar-refractivity contribution < 1.29 is 23.5 Å². The van der Waals surface area contributed by atoms with Crippen molar-refractivity contribution in [3.05, 3.63) is 98.9 Å². The molecule has 0 aliphatic carbocycles. The SMILES string of the molecule is Cc1c(OC(=O)c2cc3ccccc3o2)ccc2c1O/C(=C\c1c(Cl)cccc1Cl)C2=O. The fraction of sp³-hybridized carbons (Fsp3) is 0.0400. The van der Waals surface area contributed by atoms with Crippen LogP contribution in [0.15, 0.2) is 70.8 Å². The molecule has 0 radical (unpaired) electrons. The van der Waals surface area contributed by atoms with E-state index in [0.29, 0.717) is 38.1 Å². The highest BCUT2D eigenvalue weighted by Crippen LogP contribution is 2.40. The summed E-state index contributed by atoms with van der Waals surface area (Å²) in [6.07, 6.45) is 1.51. The van der Waals surface area contributed by atoms with Crippen LogP contribution in [0.1, 0.15) is 32.0 Å². The number of ether oxygens (including phenoxy) is 2. The van der Waals surface area contributed by atoms with Crippen molar-refractivity contribution >= 4 is 52.0 Å². The molecular formula is C25H14Cl2O5. The van der Waals surface area contributed by atoms with E-state index in [2.05, 4.69) is 0 Å². The minimum absolute atomic E-state index is 0.0806. The second kappa shape index (κ2) is 7.86. The first-order valence-corrected chi connectivity index (χ1v) is 10.4. The summed E-state index contributed by atoms with van der Waals surface area (Å²) in [7, 11) is 0. The van der Waals surface area contributed by atoms with Gasteiger partial charge in [0.1, 0.15) is 17.1 Å². The van der Waals surface area contributed by atoms with Gasteiger partial charge in [-0.05, 0) is 49.4 Å². The number of benzene rings is 3. The fourth-order valence-electron chi connectivity index (χ4n) is 3.49. The third kappa shape index (κ3) is 3.45. The monoisotopic (exact) mass is 464 g/mol. The molecule has 1 aliphatic heterocycles. The molecule has 0 fully saturated rings. The molecule has 5 nitrogen and oxygen atoms in total. The van der Waals surface area contributed by atoms with Crippen LogP contribution in [0.5, 0.6) is 11.5 Å². The summed E-state index contributed by atoms with van der Waals surface area (Å²) in [4.78, 5) is 25.4. The van der Waals surface area contributed by atoms with Gasteiger partial charge in [0.05, 0.1) is 5.56 Å². The van der Waals surface area contributed by atoms with Gasteiger partial charge in [0.25, 0.3) is 0 Å². The zero-order valence-electron chi connectivity index (χ0n) is 16.6. The minimum Gasteiger partial charge on any atom is -0.452 e. The van der Waals surface area contributed by atoms with Gasteiger partial charge >= 0.3 is 5.97 Å². The van der Waals surface area contributed by atoms with Crippen LogP contribution >= 0.6 is 23.2 Å². The molecule has 32 heavy (non-hydrogen) atoms. The number of hydrogen-bond acceptors (Lipinski definition) is 5. The van der Waals surface area contributed by atoms with Crippen LogP contribution < -0.4 is 9.47 Å². The van der Waals surface area contributed by atoms with Gasteiger partial charge in [0.2, 0.25) is 11.5 Å². The maximum atomic E-state index is 12.8. The van der Waals surface area contributed by atoms with Crippen molar-refractivity contribution in [1.29, 1.82) is 0 Å². The maximum absolute atomic E-state index is 12.8. The van der Waals surface area contributed by atoms with Crippen LogP contribution in [-0.4, -0.2) is 11.8 Å². The number of furan rings is 1. The highest BCUT2D eigenvalue weighted by molar-refractivity contribution is 6.37. The Bertz CT molecular complexity index is 1390. The lowest BCUT2D eigenvalue weighted by Crippen LogP contribution is -2.08. The number of para-hydroxylation sites is 1. The van der Waals surface area contributed by atoms with Crippen LogP contribution in [0.3, 0.4) is 0 Å². The first-order chi connectivity index (χ1) is 15.4. The molecule has 3 aromatic carbocycles. The standard InChI is InChI=1S/C25H14Cl2O5/c1-13-19(32-25(29)22-11-14-5-2-3-8-20(14)30-22)10-9-15-23(28)21(31-24(13)15)12-16-17(26)6-4-7-18(16)27/h2-12H,1H3/b21-12-. The molecule has 5 rings (SSSR count). The predicted octanol–water partition coefficient (Wildman–Crippen LogP) is 6.88. The number of hydrogen-bond donors (Lipinski definition) is 0. The van der Waals surface area contributed by atoms with E-state index in [0.717, 1.165) is 5.39 Å². The van der Waals surface area contributed by atoms with Gasteiger partial charge < -0.3 is 13.9 Å². The number of halogens is 2. The lowest BCUT2D eigenvalue weighted by Gasteiger charge is -2.09. The molecule has 7 heteroatoms. The third-order valence-corrected chi connectivity index (χ3v) is 5.80. The number of allylic oxidation sites excluding steroid dienone is 1. The molecule has 1 aromatic heterocycles. The normalized spacial score (nSPS) is 14.0. The second-order valence-corrected chi connectivity index (χ2v) is 7.99. The molecule has 0 bridgehead atoms. The first kappa shape index (κ1) is 20.4. The predicted molar refractivity (Wildman–Crippen MR) is 122 cm³/mol. The van der Waals surface area contributed by atoms with Crippen LogP contribution in [0.2, 0.25) is 10.0 Å². The van der Waals surface area contributed by atoms with Crippen molar-refractivity contribution in [1.82, 2.24) is 0 Å². The molecule has 0 saturated carbocycles. The summed E-state index contributed by atoms with van der Waals surface area (Å²) in [5, 5.41) is 1.59. The first-order valence-electron chi connectivity index (χ1n) is 9.65. The van der Waals surface area contributed by atoms with Gasteiger partial charge in [-0.2, -0.15) is 0 Å². The second-order valence-electron chi connectivity index (χ2n) is 7.18. The molecule has 0 saturated heterocycles. The zero-order chi connectivity index (χ0) is 22.4. The number of esters is 1. The lowest BCUT2D eigenvalue weighted by molar-refractivity contribution is 0.0702. The molecule has 158 valence electrons. The van der Waals surface area contributed by atoms with Gasteiger partial charge in [-0.3, -0.25) is 4.79 Å². The molecule has 0 amide bonds. The quantitative estimate of drug-likeness (QED) is 0.187. The average Bonchev–Trinajstić information content (AvgIpc) is 3.35. The third-order valence-electron chi connectivity index (χ3n) is 5.14. The molecule has 4 aromatic rings. The number of carbonyl (C=O) groups excluding carboxylic acids is 2. The van der Waals surface area contributed by atoms with E-state index in [1.807, 2.05) is 18.2 Å². The van der Waals surface area contributed by atoms with Crippen LogP contribution in [-0.2, 0) is 0 Å². The molecule has 2 heterocycles. The van der Waals surface area contributed by atoms with Gasteiger partial charge in [-0.1, -0.05) is 47.5 Å². The summed E-state index contributed by atoms with van der Waals surface area (Å²) in [6, 6.07) is 17.1. The van der Waals surface area contributed by atoms with Crippen molar-refractivity contribution in [2.24, 2.45) is 0 Å². The molecule has 1 aliphatic rings. The van der Waals surface area contributed by atoms with Crippen molar-refractivity contribution in [2.45, 2.75) is 6.92 Å². The Morgan fingerprint density at radius 2 is 1.75 bits per heavy atom. The molecule has 0 N–H and O–H groups in total.